The van der Waals surface area contributed by atoms with Gasteiger partial charge in [-0.25, -0.2) is 0 Å². The van der Waals surface area contributed by atoms with Gasteiger partial charge in [0, 0.05) is 39.7 Å². The first kappa shape index (κ1) is 20.4. The second kappa shape index (κ2) is 11.0. The Labute approximate surface area is 160 Å². The predicted octanol–water partition coefficient (Wildman–Crippen LogP) is 5.14. The standard InChI is InChI=1S/C14H20N2S6/c1-15(2)13(17)21-19-9-11-5-7-12(8-6-11)10-20-22-14(18)16(3)4/h5-8H,9-10H2,1-4H3. The van der Waals surface area contributed by atoms with Crippen molar-refractivity contribution in [3.05, 3.63) is 35.4 Å². The molecule has 0 aromatic heterocycles. The molecule has 0 N–H and O–H groups in total. The van der Waals surface area contributed by atoms with Gasteiger partial charge < -0.3 is 9.80 Å². The fourth-order valence-electron chi connectivity index (χ4n) is 1.18. The second-order valence-electron chi connectivity index (χ2n) is 4.83. The van der Waals surface area contributed by atoms with E-state index in [2.05, 4.69) is 24.3 Å². The van der Waals surface area contributed by atoms with Gasteiger partial charge in [-0.15, -0.1) is 0 Å². The number of hydrogen-bond acceptors (Lipinski definition) is 6. The molecule has 0 atom stereocenters. The predicted molar refractivity (Wildman–Crippen MR) is 117 cm³/mol. The summed E-state index contributed by atoms with van der Waals surface area (Å²) < 4.78 is 1.82. The first-order valence-electron chi connectivity index (χ1n) is 6.49. The summed E-state index contributed by atoms with van der Waals surface area (Å²) in [6.45, 7) is 0. The van der Waals surface area contributed by atoms with Crippen molar-refractivity contribution in [1.82, 2.24) is 9.80 Å². The van der Waals surface area contributed by atoms with E-state index in [1.807, 2.05) is 38.0 Å². The molecule has 0 aliphatic heterocycles. The molecule has 0 saturated heterocycles. The molecule has 2 nitrogen and oxygen atoms in total. The summed E-state index contributed by atoms with van der Waals surface area (Å²) in [5, 5.41) is 0. The van der Waals surface area contributed by atoms with Crippen LogP contribution in [0.2, 0.25) is 0 Å². The number of benzene rings is 1. The van der Waals surface area contributed by atoms with Gasteiger partial charge in [0.1, 0.15) is 8.64 Å². The van der Waals surface area contributed by atoms with Gasteiger partial charge in [-0.1, -0.05) is 70.3 Å². The zero-order valence-electron chi connectivity index (χ0n) is 13.1. The van der Waals surface area contributed by atoms with E-state index in [1.54, 1.807) is 43.2 Å². The summed E-state index contributed by atoms with van der Waals surface area (Å²) in [5.74, 6) is 1.93. The summed E-state index contributed by atoms with van der Waals surface area (Å²) in [7, 11) is 14.8. The maximum Gasteiger partial charge on any atom is 0.146 e. The molecule has 0 heterocycles. The molecule has 0 saturated carbocycles. The van der Waals surface area contributed by atoms with Gasteiger partial charge in [0.15, 0.2) is 0 Å². The Balaban J connectivity index is 2.31. The van der Waals surface area contributed by atoms with Crippen molar-refractivity contribution in [3.63, 3.8) is 0 Å². The summed E-state index contributed by atoms with van der Waals surface area (Å²) in [4.78, 5) is 3.92. The van der Waals surface area contributed by atoms with Crippen LogP contribution in [-0.2, 0) is 11.5 Å². The van der Waals surface area contributed by atoms with E-state index in [0.29, 0.717) is 0 Å². The summed E-state index contributed by atoms with van der Waals surface area (Å²) >= 11 is 10.5. The fourth-order valence-corrected chi connectivity index (χ4v) is 5.99. The first-order chi connectivity index (χ1) is 10.4. The van der Waals surface area contributed by atoms with Crippen molar-refractivity contribution >= 4 is 76.3 Å². The van der Waals surface area contributed by atoms with Crippen LogP contribution in [0, 0.1) is 0 Å². The molecule has 1 rings (SSSR count). The smallest absolute Gasteiger partial charge is 0.146 e. The van der Waals surface area contributed by atoms with Gasteiger partial charge in [0.25, 0.3) is 0 Å². The highest BCUT2D eigenvalue weighted by atomic mass is 33.1. The van der Waals surface area contributed by atoms with Crippen molar-refractivity contribution in [3.8, 4) is 0 Å². The highest BCUT2D eigenvalue weighted by Crippen LogP contribution is 2.30. The van der Waals surface area contributed by atoms with Gasteiger partial charge in [0.05, 0.1) is 0 Å². The zero-order chi connectivity index (χ0) is 16.5. The minimum Gasteiger partial charge on any atom is -0.363 e. The quantitative estimate of drug-likeness (QED) is 0.465. The molecular weight excluding hydrogens is 389 g/mol. The van der Waals surface area contributed by atoms with E-state index >= 15 is 0 Å². The molecule has 22 heavy (non-hydrogen) atoms. The van der Waals surface area contributed by atoms with Crippen LogP contribution in [-0.4, -0.2) is 46.6 Å². The molecule has 0 radical (unpaired) electrons. The highest BCUT2D eigenvalue weighted by Gasteiger charge is 2.03. The van der Waals surface area contributed by atoms with Crippen LogP contribution in [0.4, 0.5) is 0 Å². The molecular formula is C14H20N2S6. The largest absolute Gasteiger partial charge is 0.363 e. The van der Waals surface area contributed by atoms with E-state index in [-0.39, 0.29) is 0 Å². The Morgan fingerprint density at radius 2 is 1.09 bits per heavy atom. The van der Waals surface area contributed by atoms with Crippen LogP contribution in [0.1, 0.15) is 11.1 Å². The van der Waals surface area contributed by atoms with Gasteiger partial charge >= 0.3 is 0 Å². The lowest BCUT2D eigenvalue weighted by molar-refractivity contribution is 0.648. The van der Waals surface area contributed by atoms with Crippen LogP contribution < -0.4 is 0 Å². The summed E-state index contributed by atoms with van der Waals surface area (Å²) in [6.07, 6.45) is 0. The van der Waals surface area contributed by atoms with Crippen molar-refractivity contribution < 1.29 is 0 Å². The fraction of sp³-hybridized carbons (Fsp3) is 0.429. The van der Waals surface area contributed by atoms with E-state index in [9.17, 15) is 0 Å². The number of thiocarbonyl (C=S) groups is 2. The zero-order valence-corrected chi connectivity index (χ0v) is 18.0. The minimum absolute atomic E-state index is 0.909. The van der Waals surface area contributed by atoms with Gasteiger partial charge in [0.2, 0.25) is 0 Å². The molecule has 0 fully saturated rings. The van der Waals surface area contributed by atoms with Crippen molar-refractivity contribution in [2.24, 2.45) is 0 Å². The highest BCUT2D eigenvalue weighted by molar-refractivity contribution is 8.83. The third-order valence-corrected chi connectivity index (χ3v) is 8.84. The molecule has 1 aromatic rings. The molecule has 0 bridgehead atoms. The van der Waals surface area contributed by atoms with Crippen LogP contribution in [0.15, 0.2) is 24.3 Å². The maximum absolute atomic E-state index is 5.25. The summed E-state index contributed by atoms with van der Waals surface area (Å²) in [5.41, 5.74) is 2.65. The topological polar surface area (TPSA) is 6.48 Å². The third kappa shape index (κ3) is 8.31. The van der Waals surface area contributed by atoms with E-state index < -0.39 is 0 Å². The third-order valence-electron chi connectivity index (χ3n) is 2.46. The Morgan fingerprint density at radius 1 is 0.773 bits per heavy atom. The lowest BCUT2D eigenvalue weighted by Crippen LogP contribution is -2.14. The summed E-state index contributed by atoms with van der Waals surface area (Å²) in [6, 6.07) is 8.77. The average Bonchev–Trinajstić information content (AvgIpc) is 2.48. The molecule has 0 aliphatic carbocycles. The van der Waals surface area contributed by atoms with Crippen LogP contribution in [0.3, 0.4) is 0 Å². The Kier molecular flexibility index (Phi) is 10.3. The van der Waals surface area contributed by atoms with Crippen LogP contribution >= 0.6 is 67.6 Å². The lowest BCUT2D eigenvalue weighted by Gasteiger charge is -2.12. The van der Waals surface area contributed by atoms with E-state index in [4.69, 9.17) is 24.4 Å². The SMILES string of the molecule is CN(C)C(=S)SSCc1ccc(CSSC(=S)N(C)C)cc1. The Bertz CT molecular complexity index is 442. The van der Waals surface area contributed by atoms with Gasteiger partial charge in [-0.3, -0.25) is 0 Å². The molecule has 0 unspecified atom stereocenters. The van der Waals surface area contributed by atoms with Crippen molar-refractivity contribution in [1.29, 1.82) is 0 Å². The van der Waals surface area contributed by atoms with Crippen LogP contribution in [0.25, 0.3) is 0 Å². The molecule has 0 amide bonds. The molecule has 122 valence electrons. The molecule has 1 aromatic carbocycles. The number of rotatable bonds is 6. The first-order valence-corrected chi connectivity index (χ1v) is 11.9. The van der Waals surface area contributed by atoms with Gasteiger partial charge in [-0.2, -0.15) is 0 Å². The molecule has 0 spiro atoms. The van der Waals surface area contributed by atoms with Crippen LogP contribution in [0.5, 0.6) is 0 Å². The number of hydrogen-bond donors (Lipinski definition) is 0. The second-order valence-corrected chi connectivity index (χ2v) is 10.7. The average molecular weight is 409 g/mol. The molecule has 0 aliphatic rings. The minimum atomic E-state index is 0.909. The van der Waals surface area contributed by atoms with Crippen molar-refractivity contribution in [2.75, 3.05) is 28.2 Å². The monoisotopic (exact) mass is 408 g/mol. The Morgan fingerprint density at radius 3 is 1.36 bits per heavy atom. The normalized spacial score (nSPS) is 10.4. The van der Waals surface area contributed by atoms with Crippen molar-refractivity contribution in [2.45, 2.75) is 11.5 Å². The lowest BCUT2D eigenvalue weighted by atomic mass is 10.2. The maximum atomic E-state index is 5.25. The Hall–Kier alpha value is 0.400. The van der Waals surface area contributed by atoms with Gasteiger partial charge in [-0.05, 0) is 32.7 Å². The number of nitrogens with zero attached hydrogens (tertiary/aromatic N) is 2. The van der Waals surface area contributed by atoms with E-state index in [1.165, 1.54) is 11.1 Å². The molecule has 8 heteroatoms. The van der Waals surface area contributed by atoms with E-state index in [0.717, 1.165) is 20.1 Å².